The maximum absolute atomic E-state index is 14.1. The van der Waals surface area contributed by atoms with Gasteiger partial charge in [0, 0.05) is 32.1 Å². The van der Waals surface area contributed by atoms with Gasteiger partial charge in [0.15, 0.2) is 17.9 Å². The van der Waals surface area contributed by atoms with Gasteiger partial charge in [-0.1, -0.05) is 0 Å². The number of amides is 2. The number of rotatable bonds is 10. The van der Waals surface area contributed by atoms with Gasteiger partial charge in [0.05, 0.1) is 30.0 Å². The van der Waals surface area contributed by atoms with E-state index in [-0.39, 0.29) is 61.2 Å². The Hall–Kier alpha value is -3.79. The fourth-order valence-electron chi connectivity index (χ4n) is 6.53. The molecule has 3 fully saturated rings. The van der Waals surface area contributed by atoms with Crippen molar-refractivity contribution in [1.29, 1.82) is 0 Å². The van der Waals surface area contributed by atoms with Crippen LogP contribution in [0.2, 0.25) is 0 Å². The van der Waals surface area contributed by atoms with E-state index in [0.29, 0.717) is 16.0 Å². The van der Waals surface area contributed by atoms with Crippen LogP contribution in [0.5, 0.6) is 0 Å². The molecule has 0 radical (unpaired) electrons. The minimum atomic E-state index is -4.70. The zero-order chi connectivity index (χ0) is 32.3. The van der Waals surface area contributed by atoms with Crippen LogP contribution in [-0.2, 0) is 11.3 Å². The number of imidazole rings is 1. The van der Waals surface area contributed by atoms with Crippen LogP contribution >= 0.6 is 0 Å². The summed E-state index contributed by atoms with van der Waals surface area (Å²) >= 11 is 0. The van der Waals surface area contributed by atoms with Crippen LogP contribution < -0.4 is 11.1 Å². The zero-order valence-corrected chi connectivity index (χ0v) is 23.9. The Bertz CT molecular complexity index is 1580. The zero-order valence-electron chi connectivity index (χ0n) is 23.9. The predicted octanol–water partition coefficient (Wildman–Crippen LogP) is 4.94. The Kier molecular flexibility index (Phi) is 7.78. The minimum Gasteiger partial charge on any atom is -0.364 e. The maximum Gasteiger partial charge on any atom is 0.409 e. The van der Waals surface area contributed by atoms with E-state index in [4.69, 9.17) is 5.73 Å². The molecular formula is C28H31F7N8O2. The van der Waals surface area contributed by atoms with E-state index >= 15 is 0 Å². The second-order valence-corrected chi connectivity index (χ2v) is 12.6. The number of halogens is 7. The summed E-state index contributed by atoms with van der Waals surface area (Å²) in [6.07, 6.45) is -1.61. The van der Waals surface area contributed by atoms with Crippen LogP contribution in [0.1, 0.15) is 97.2 Å². The van der Waals surface area contributed by atoms with Crippen LogP contribution in [0, 0.1) is 17.8 Å². The van der Waals surface area contributed by atoms with E-state index in [1.165, 1.54) is 16.9 Å². The van der Waals surface area contributed by atoms with Gasteiger partial charge in [-0.05, 0) is 55.1 Å². The molecule has 10 nitrogen and oxygen atoms in total. The van der Waals surface area contributed by atoms with Gasteiger partial charge in [0.1, 0.15) is 5.69 Å². The topological polar surface area (TPSA) is 133 Å². The molecule has 17 heteroatoms. The van der Waals surface area contributed by atoms with E-state index in [9.17, 15) is 40.3 Å². The van der Waals surface area contributed by atoms with Crippen molar-refractivity contribution in [2.75, 3.05) is 0 Å². The maximum atomic E-state index is 14.1. The summed E-state index contributed by atoms with van der Waals surface area (Å²) in [5.74, 6) is -8.92. The number of fused-ring (bicyclic) bond motifs is 1. The molecule has 0 spiro atoms. The average Bonchev–Trinajstić information content (AvgIpc) is 3.54. The van der Waals surface area contributed by atoms with Crippen molar-refractivity contribution in [1.82, 2.24) is 34.9 Å². The number of primary amides is 1. The molecule has 2 atom stereocenters. The molecule has 0 aromatic carbocycles. The number of aromatic nitrogens is 6. The first kappa shape index (κ1) is 31.2. The first-order valence-electron chi connectivity index (χ1n) is 14.8. The second kappa shape index (κ2) is 11.2. The number of carbonyl (C=O) groups excluding carboxylic acids is 2. The van der Waals surface area contributed by atoms with Crippen LogP contribution in [0.25, 0.3) is 5.65 Å². The normalized spacial score (nSPS) is 21.8. The van der Waals surface area contributed by atoms with Crippen molar-refractivity contribution in [2.24, 2.45) is 23.5 Å². The number of hydrogen-bond donors (Lipinski definition) is 2. The average molecular weight is 645 g/mol. The van der Waals surface area contributed by atoms with E-state index in [2.05, 4.69) is 25.6 Å². The largest absolute Gasteiger partial charge is 0.409 e. The van der Waals surface area contributed by atoms with Gasteiger partial charge in [0.25, 0.3) is 5.91 Å². The molecular weight excluding hydrogens is 613 g/mol. The number of alkyl halides is 7. The van der Waals surface area contributed by atoms with Crippen LogP contribution in [-0.4, -0.2) is 59.4 Å². The molecule has 3 saturated carbocycles. The number of hydrogen-bond acceptors (Lipinski definition) is 6. The SMILES string of the molecule is NC(=O)c1nn(CC(F)(F)F)nc1[C@H](c1cn2ncc(C(NC(=O)CC3CC(F)(F)C3)C3CC3)cc2n1)C1CCC(F)(F)CC1. The highest BCUT2D eigenvalue weighted by molar-refractivity contribution is 5.92. The Balaban J connectivity index is 1.31. The smallest absolute Gasteiger partial charge is 0.364 e. The molecule has 6 rings (SSSR count). The summed E-state index contributed by atoms with van der Waals surface area (Å²) in [5.41, 5.74) is 5.94. The monoisotopic (exact) mass is 644 g/mol. The van der Waals surface area contributed by atoms with Gasteiger partial charge in [-0.15, -0.1) is 5.10 Å². The Morgan fingerprint density at radius 1 is 1.02 bits per heavy atom. The number of nitrogens with zero attached hydrogens (tertiary/aromatic N) is 6. The minimum absolute atomic E-state index is 0.0126. The van der Waals surface area contributed by atoms with Crippen molar-refractivity contribution in [3.05, 3.63) is 41.1 Å². The molecule has 0 saturated heterocycles. The molecule has 3 aliphatic carbocycles. The Labute approximate surface area is 251 Å². The molecule has 3 aromatic rings. The third-order valence-corrected chi connectivity index (χ3v) is 8.86. The Morgan fingerprint density at radius 2 is 1.71 bits per heavy atom. The van der Waals surface area contributed by atoms with E-state index in [0.717, 1.165) is 12.8 Å². The lowest BCUT2D eigenvalue weighted by molar-refractivity contribution is -0.145. The predicted molar refractivity (Wildman–Crippen MR) is 142 cm³/mol. The number of nitrogens with one attached hydrogen (secondary N) is 1. The van der Waals surface area contributed by atoms with Crippen LogP contribution in [0.4, 0.5) is 30.7 Å². The molecule has 3 N–H and O–H groups in total. The number of nitrogens with two attached hydrogens (primary N) is 1. The second-order valence-electron chi connectivity index (χ2n) is 12.6. The first-order chi connectivity index (χ1) is 21.1. The fraction of sp³-hybridized carbons (Fsp3) is 0.643. The molecule has 3 aromatic heterocycles. The van der Waals surface area contributed by atoms with Crippen molar-refractivity contribution in [2.45, 2.75) is 94.3 Å². The first-order valence-corrected chi connectivity index (χ1v) is 14.8. The molecule has 1 unspecified atom stereocenters. The third-order valence-electron chi connectivity index (χ3n) is 8.86. The molecule has 0 aliphatic heterocycles. The summed E-state index contributed by atoms with van der Waals surface area (Å²) in [7, 11) is 0. The molecule has 0 bridgehead atoms. The van der Waals surface area contributed by atoms with E-state index < -0.39 is 66.9 Å². The lowest BCUT2D eigenvalue weighted by atomic mass is 9.75. The highest BCUT2D eigenvalue weighted by Crippen LogP contribution is 2.46. The Morgan fingerprint density at radius 3 is 2.31 bits per heavy atom. The third kappa shape index (κ3) is 7.06. The van der Waals surface area contributed by atoms with E-state index in [1.807, 2.05) is 0 Å². The summed E-state index contributed by atoms with van der Waals surface area (Å²) in [4.78, 5) is 30.0. The highest BCUT2D eigenvalue weighted by Gasteiger charge is 2.46. The quantitative estimate of drug-likeness (QED) is 0.301. The fourth-order valence-corrected chi connectivity index (χ4v) is 6.53. The van der Waals surface area contributed by atoms with Gasteiger partial charge in [-0.2, -0.15) is 28.2 Å². The summed E-state index contributed by atoms with van der Waals surface area (Å²) in [6.45, 7) is -1.59. The molecule has 2 amide bonds. The standard InChI is InChI=1S/C28H31F7N8O2/c29-26(30)5-3-15(4-6-26)21(23-24(25(36)45)41-43(40-23)13-28(33,34)35)18-12-42-19(38-18)8-17(11-37-42)22(16-1-2-16)39-20(44)7-14-9-27(31,32)10-14/h8,11-12,14-16,21-22H,1-7,9-10,13H2,(H2,36,45)(H,39,44)/t21-,22?/m0/s1. The van der Waals surface area contributed by atoms with Crippen molar-refractivity contribution >= 4 is 17.5 Å². The van der Waals surface area contributed by atoms with E-state index in [1.54, 1.807) is 6.07 Å². The summed E-state index contributed by atoms with van der Waals surface area (Å²) < 4.78 is 95.6. The van der Waals surface area contributed by atoms with Crippen LogP contribution in [0.3, 0.4) is 0 Å². The van der Waals surface area contributed by atoms with Gasteiger partial charge in [0.2, 0.25) is 17.8 Å². The summed E-state index contributed by atoms with van der Waals surface area (Å²) in [5, 5.41) is 15.0. The van der Waals surface area contributed by atoms with Crippen LogP contribution in [0.15, 0.2) is 18.5 Å². The molecule has 244 valence electrons. The van der Waals surface area contributed by atoms with Gasteiger partial charge in [-0.25, -0.2) is 27.1 Å². The van der Waals surface area contributed by atoms with Gasteiger partial charge < -0.3 is 11.1 Å². The van der Waals surface area contributed by atoms with Crippen molar-refractivity contribution < 1.29 is 40.3 Å². The van der Waals surface area contributed by atoms with Crippen molar-refractivity contribution in [3.8, 4) is 0 Å². The molecule has 45 heavy (non-hydrogen) atoms. The lowest BCUT2D eigenvalue weighted by Crippen LogP contribution is -2.39. The lowest BCUT2D eigenvalue weighted by Gasteiger charge is -2.34. The van der Waals surface area contributed by atoms with Gasteiger partial charge in [-0.3, -0.25) is 9.59 Å². The molecule has 3 heterocycles. The molecule has 3 aliphatic rings. The summed E-state index contributed by atoms with van der Waals surface area (Å²) in [6, 6.07) is 1.25. The van der Waals surface area contributed by atoms with Crippen molar-refractivity contribution in [3.63, 3.8) is 0 Å². The number of carbonyl (C=O) groups is 2. The highest BCUT2D eigenvalue weighted by atomic mass is 19.4. The van der Waals surface area contributed by atoms with Gasteiger partial charge >= 0.3 is 6.18 Å².